The number of hydrogen-bond donors (Lipinski definition) is 0. The Hall–Kier alpha value is -5.34. The van der Waals surface area contributed by atoms with Gasteiger partial charge in [-0.15, -0.1) is 0 Å². The lowest BCUT2D eigenvalue weighted by Gasteiger charge is -2.27. The molecule has 11 heteroatoms. The minimum Gasteiger partial charge on any atom is -0.473 e. The van der Waals surface area contributed by atoms with Crippen molar-refractivity contribution < 1.29 is 32.5 Å². The Balaban J connectivity index is 1.23. The minimum atomic E-state index is -0.640. The monoisotopic (exact) mass is 582 g/mol. The second-order valence-corrected chi connectivity index (χ2v) is 9.80. The molecule has 3 heterocycles. The van der Waals surface area contributed by atoms with Crippen LogP contribution < -0.4 is 9.47 Å². The molecule has 0 radical (unpaired) electrons. The van der Waals surface area contributed by atoms with Gasteiger partial charge >= 0.3 is 12.0 Å². The third-order valence-electron chi connectivity index (χ3n) is 7.02. The molecule has 1 atom stereocenters. The van der Waals surface area contributed by atoms with Gasteiger partial charge in [0.1, 0.15) is 12.4 Å². The van der Waals surface area contributed by atoms with Crippen molar-refractivity contribution in [1.29, 1.82) is 5.26 Å². The molecule has 1 aliphatic heterocycles. The summed E-state index contributed by atoms with van der Waals surface area (Å²) in [4.78, 5) is 21.1. The largest absolute Gasteiger partial charge is 0.473 e. The highest BCUT2D eigenvalue weighted by Gasteiger charge is 2.24. The van der Waals surface area contributed by atoms with Gasteiger partial charge in [0.15, 0.2) is 11.6 Å². The molecule has 1 saturated heterocycles. The zero-order chi connectivity index (χ0) is 29.9. The molecule has 3 aromatic carbocycles. The Labute approximate surface area is 244 Å². The van der Waals surface area contributed by atoms with E-state index in [1.54, 1.807) is 47.0 Å². The number of fused-ring (bicyclic) bond motifs is 1. The molecule has 0 saturated carbocycles. The van der Waals surface area contributed by atoms with Crippen LogP contribution in [0.5, 0.6) is 17.6 Å². The molecule has 216 valence electrons. The number of carbonyl (C=O) groups is 1. The van der Waals surface area contributed by atoms with Crippen molar-refractivity contribution >= 4 is 17.0 Å². The van der Waals surface area contributed by atoms with E-state index in [0.717, 1.165) is 12.5 Å². The van der Waals surface area contributed by atoms with Crippen molar-refractivity contribution in [2.75, 3.05) is 13.7 Å². The van der Waals surface area contributed by atoms with E-state index in [0.29, 0.717) is 41.0 Å². The number of rotatable bonds is 9. The van der Waals surface area contributed by atoms with Gasteiger partial charge in [0.2, 0.25) is 5.88 Å². The van der Waals surface area contributed by atoms with E-state index in [-0.39, 0.29) is 41.5 Å². The number of esters is 1. The minimum absolute atomic E-state index is 0.0493. The summed E-state index contributed by atoms with van der Waals surface area (Å²) in [6, 6.07) is 20.6. The van der Waals surface area contributed by atoms with E-state index in [9.17, 15) is 9.18 Å². The van der Waals surface area contributed by atoms with Crippen LogP contribution >= 0.6 is 0 Å². The molecule has 0 bridgehead atoms. The van der Waals surface area contributed by atoms with Crippen LogP contribution in [0.25, 0.3) is 22.3 Å². The summed E-state index contributed by atoms with van der Waals surface area (Å²) in [6.45, 7) is 0.978. The summed E-state index contributed by atoms with van der Waals surface area (Å²) < 4.78 is 53.4. The number of hydrogen-bond acceptors (Lipinski definition) is 8. The number of nitriles is 1. The SMILES string of the molecule is COC(=O)c1ccc2nc(Oc3ccc(-c4cccc(OCc5ccc(C#N)cc5F)n4)cc3F)n(CC3CCO3)c2c1. The lowest BCUT2D eigenvalue weighted by Crippen LogP contribution is -2.31. The molecule has 43 heavy (non-hydrogen) atoms. The van der Waals surface area contributed by atoms with E-state index >= 15 is 4.39 Å². The van der Waals surface area contributed by atoms with Crippen LogP contribution in [0, 0.1) is 23.0 Å². The summed E-state index contributed by atoms with van der Waals surface area (Å²) in [5, 5.41) is 8.91. The molecular weight excluding hydrogens is 558 g/mol. The first-order chi connectivity index (χ1) is 20.9. The molecule has 9 nitrogen and oxygen atoms in total. The van der Waals surface area contributed by atoms with Gasteiger partial charge in [-0.3, -0.25) is 4.57 Å². The number of pyridine rings is 1. The van der Waals surface area contributed by atoms with Crippen molar-refractivity contribution in [3.05, 3.63) is 101 Å². The molecule has 0 N–H and O–H groups in total. The number of methoxy groups -OCH3 is 1. The van der Waals surface area contributed by atoms with Crippen LogP contribution in [0.2, 0.25) is 0 Å². The first-order valence-corrected chi connectivity index (χ1v) is 13.4. The summed E-state index contributed by atoms with van der Waals surface area (Å²) in [5.74, 6) is -1.50. The van der Waals surface area contributed by atoms with E-state index in [2.05, 4.69) is 9.97 Å². The average Bonchev–Trinajstić information content (AvgIpc) is 3.34. The van der Waals surface area contributed by atoms with Crippen molar-refractivity contribution in [1.82, 2.24) is 14.5 Å². The fraction of sp³-hybridized carbons (Fsp3) is 0.188. The smallest absolute Gasteiger partial charge is 0.337 e. The second-order valence-electron chi connectivity index (χ2n) is 9.80. The first kappa shape index (κ1) is 27.8. The number of nitrogens with zero attached hydrogens (tertiary/aromatic N) is 4. The molecule has 0 spiro atoms. The third-order valence-corrected chi connectivity index (χ3v) is 7.02. The molecule has 6 rings (SSSR count). The fourth-order valence-electron chi connectivity index (χ4n) is 4.61. The number of carbonyl (C=O) groups excluding carboxylic acids is 1. The van der Waals surface area contributed by atoms with Gasteiger partial charge in [0.05, 0.1) is 53.7 Å². The highest BCUT2D eigenvalue weighted by Crippen LogP contribution is 2.32. The summed E-state index contributed by atoms with van der Waals surface area (Å²) >= 11 is 0. The third kappa shape index (κ3) is 5.86. The predicted molar refractivity (Wildman–Crippen MR) is 151 cm³/mol. The van der Waals surface area contributed by atoms with Gasteiger partial charge in [0.25, 0.3) is 0 Å². The van der Waals surface area contributed by atoms with Crippen LogP contribution in [-0.2, 0) is 22.6 Å². The van der Waals surface area contributed by atoms with E-state index in [1.165, 1.54) is 31.4 Å². The van der Waals surface area contributed by atoms with Crippen molar-refractivity contribution in [3.63, 3.8) is 0 Å². The number of imidazole rings is 1. The number of benzene rings is 3. The van der Waals surface area contributed by atoms with Crippen LogP contribution in [-0.4, -0.2) is 40.3 Å². The summed E-state index contributed by atoms with van der Waals surface area (Å²) in [7, 11) is 1.31. The maximum atomic E-state index is 15.4. The molecule has 1 aliphatic rings. The summed E-state index contributed by atoms with van der Waals surface area (Å²) in [5.41, 5.74) is 2.96. The fourth-order valence-corrected chi connectivity index (χ4v) is 4.61. The first-order valence-electron chi connectivity index (χ1n) is 13.4. The maximum Gasteiger partial charge on any atom is 0.337 e. The summed E-state index contributed by atoms with van der Waals surface area (Å²) in [6.07, 6.45) is 0.805. The molecule has 5 aromatic rings. The van der Waals surface area contributed by atoms with Gasteiger partial charge in [-0.05, 0) is 61.0 Å². The van der Waals surface area contributed by atoms with Crippen molar-refractivity contribution in [2.45, 2.75) is 25.7 Å². The normalized spacial score (nSPS) is 14.1. The van der Waals surface area contributed by atoms with Crippen LogP contribution in [0.15, 0.2) is 72.8 Å². The highest BCUT2D eigenvalue weighted by molar-refractivity contribution is 5.93. The zero-order valence-corrected chi connectivity index (χ0v) is 22.9. The van der Waals surface area contributed by atoms with Gasteiger partial charge in [0, 0.05) is 23.8 Å². The Morgan fingerprint density at radius 2 is 1.93 bits per heavy atom. The molecule has 2 aromatic heterocycles. The molecule has 1 fully saturated rings. The Morgan fingerprint density at radius 3 is 2.65 bits per heavy atom. The average molecular weight is 583 g/mol. The van der Waals surface area contributed by atoms with E-state index in [1.807, 2.05) is 6.07 Å². The van der Waals surface area contributed by atoms with E-state index in [4.69, 9.17) is 24.2 Å². The second kappa shape index (κ2) is 11.9. The van der Waals surface area contributed by atoms with Crippen molar-refractivity contribution in [2.24, 2.45) is 0 Å². The van der Waals surface area contributed by atoms with Crippen LogP contribution in [0.1, 0.15) is 27.9 Å². The number of aromatic nitrogens is 3. The quantitative estimate of drug-likeness (QED) is 0.189. The number of halogens is 2. The van der Waals surface area contributed by atoms with Crippen LogP contribution in [0.3, 0.4) is 0 Å². The van der Waals surface area contributed by atoms with Gasteiger partial charge in [-0.25, -0.2) is 18.6 Å². The van der Waals surface area contributed by atoms with Crippen molar-refractivity contribution in [3.8, 4) is 35.0 Å². The van der Waals surface area contributed by atoms with Gasteiger partial charge < -0.3 is 18.9 Å². The number of ether oxygens (including phenoxy) is 4. The lowest BCUT2D eigenvalue weighted by molar-refractivity contribution is -0.0593. The predicted octanol–water partition coefficient (Wildman–Crippen LogP) is 6.19. The zero-order valence-electron chi connectivity index (χ0n) is 22.9. The lowest BCUT2D eigenvalue weighted by atomic mass is 10.1. The highest BCUT2D eigenvalue weighted by atomic mass is 19.1. The molecule has 0 aliphatic carbocycles. The standard InChI is InChI=1S/C32H24F2N4O5/c1-40-31(39)21-7-9-27-28(15-21)38(17-23-11-12-41-23)32(37-27)43-29-10-8-20(14-25(29)34)26-3-2-4-30(36-26)42-18-22-6-5-19(16-35)13-24(22)33/h2-10,13-15,23H,11-12,17-18H2,1H3. The molecular formula is C32H24F2N4O5. The Kier molecular flexibility index (Phi) is 7.68. The van der Waals surface area contributed by atoms with Gasteiger partial charge in [-0.2, -0.15) is 10.2 Å². The Morgan fingerprint density at radius 1 is 1.07 bits per heavy atom. The topological polar surface area (TPSA) is 108 Å². The van der Waals surface area contributed by atoms with E-state index < -0.39 is 17.6 Å². The Bertz CT molecular complexity index is 1880. The maximum absolute atomic E-state index is 15.4. The molecule has 0 amide bonds. The van der Waals surface area contributed by atoms with Crippen LogP contribution in [0.4, 0.5) is 8.78 Å². The molecule has 1 unspecified atom stereocenters. The van der Waals surface area contributed by atoms with Gasteiger partial charge in [-0.1, -0.05) is 12.1 Å².